The van der Waals surface area contributed by atoms with E-state index in [0.717, 1.165) is 29.6 Å². The monoisotopic (exact) mass is 357 g/mol. The first-order valence-electron chi connectivity index (χ1n) is 11.0. The Bertz CT molecular complexity index is 631. The normalized spacial score (nSPS) is 51.0. The molecule has 0 radical (unpaired) electrons. The van der Waals surface area contributed by atoms with E-state index in [0.29, 0.717) is 16.9 Å². The maximum Gasteiger partial charge on any atom is 0.246 e. The zero-order chi connectivity index (χ0) is 19.1. The van der Waals surface area contributed by atoms with Crippen LogP contribution in [0.4, 0.5) is 0 Å². The highest BCUT2D eigenvalue weighted by Crippen LogP contribution is 2.68. The van der Waals surface area contributed by atoms with E-state index in [4.69, 9.17) is 0 Å². The molecule has 3 fully saturated rings. The van der Waals surface area contributed by atoms with Gasteiger partial charge in [0.25, 0.3) is 0 Å². The van der Waals surface area contributed by atoms with Crippen LogP contribution in [0, 0.1) is 45.8 Å². The van der Waals surface area contributed by atoms with Gasteiger partial charge in [0.1, 0.15) is 0 Å². The van der Waals surface area contributed by atoms with Crippen LogP contribution in [0.3, 0.4) is 0 Å². The molecule has 4 rings (SSSR count). The summed E-state index contributed by atoms with van der Waals surface area (Å²) in [6, 6.07) is 0.389. The lowest BCUT2D eigenvalue weighted by Gasteiger charge is -2.62. The van der Waals surface area contributed by atoms with Crippen molar-refractivity contribution in [3.8, 4) is 0 Å². The maximum atomic E-state index is 12.3. The van der Waals surface area contributed by atoms with Gasteiger partial charge in [0.15, 0.2) is 0 Å². The van der Waals surface area contributed by atoms with Crippen LogP contribution in [-0.2, 0) is 4.79 Å². The lowest BCUT2D eigenvalue weighted by Crippen LogP contribution is -2.61. The molecule has 4 aliphatic rings. The van der Waals surface area contributed by atoms with E-state index in [1.807, 2.05) is 18.0 Å². The van der Waals surface area contributed by atoms with Crippen LogP contribution in [0.5, 0.6) is 0 Å². The predicted octanol–water partition coefficient (Wildman–Crippen LogP) is 5.53. The first kappa shape index (κ1) is 18.6. The van der Waals surface area contributed by atoms with Crippen molar-refractivity contribution >= 4 is 5.91 Å². The number of carbonyl (C=O) groups is 1. The molecule has 0 aromatic heterocycles. The van der Waals surface area contributed by atoms with Crippen LogP contribution in [-0.4, -0.2) is 23.9 Å². The van der Waals surface area contributed by atoms with Crippen LogP contribution >= 0.6 is 0 Å². The minimum atomic E-state index is 0.168. The third-order valence-corrected chi connectivity index (χ3v) is 9.55. The first-order chi connectivity index (χ1) is 12.0. The third kappa shape index (κ3) is 2.32. The summed E-state index contributed by atoms with van der Waals surface area (Å²) in [7, 11) is 2.03. The molecule has 2 heteroatoms. The number of carbonyl (C=O) groups excluding carboxylic acids is 1. The van der Waals surface area contributed by atoms with E-state index in [9.17, 15) is 4.79 Å². The molecule has 1 heterocycles. The molecule has 1 aliphatic heterocycles. The molecule has 1 amide bonds. The second kappa shape index (κ2) is 5.61. The number of hydrogen-bond donors (Lipinski definition) is 0. The quantitative estimate of drug-likeness (QED) is 0.558. The largest absolute Gasteiger partial charge is 0.338 e. The van der Waals surface area contributed by atoms with Crippen LogP contribution in [0.1, 0.15) is 73.6 Å². The fraction of sp³-hybridized carbons (Fsp3) is 0.875. The van der Waals surface area contributed by atoms with E-state index in [2.05, 4.69) is 47.6 Å². The molecular weight excluding hydrogens is 318 g/mol. The Morgan fingerprint density at radius 3 is 2.46 bits per heavy atom. The molecule has 26 heavy (non-hydrogen) atoms. The Morgan fingerprint density at radius 1 is 1.12 bits per heavy atom. The SMILES string of the molecule is C[C@H]1C[C@H]2N(C)C(=O)C=C[C@]2(C)[C@H]2CC[C@]3(C)[C@@H](C(C)(C)C)CC[C@H]3[C@H]12. The number of nitrogens with zero attached hydrogens (tertiary/aromatic N) is 1. The Hall–Kier alpha value is -0.790. The molecule has 3 aliphatic carbocycles. The van der Waals surface area contributed by atoms with Crippen molar-refractivity contribution in [3.05, 3.63) is 12.2 Å². The standard InChI is InChI=1S/C24H39NO/c1-15-14-19-24(6,13-11-20(26)25(19)7)17-10-12-23(5)16(21(15)17)8-9-18(23)22(2,3)4/h11,13,15-19,21H,8-10,12,14H2,1-7H3/t15-,16-,17-,18+,19+,21-,23-,24+/m0/s1. The minimum absolute atomic E-state index is 0.168. The van der Waals surface area contributed by atoms with Gasteiger partial charge in [-0.05, 0) is 78.6 Å². The van der Waals surface area contributed by atoms with Gasteiger partial charge in [-0.1, -0.05) is 47.6 Å². The van der Waals surface area contributed by atoms with Crippen LogP contribution in [0.15, 0.2) is 12.2 Å². The smallest absolute Gasteiger partial charge is 0.246 e. The topological polar surface area (TPSA) is 20.3 Å². The molecule has 0 spiro atoms. The molecule has 8 atom stereocenters. The van der Waals surface area contributed by atoms with Gasteiger partial charge in [0.05, 0.1) is 0 Å². The van der Waals surface area contributed by atoms with Crippen LogP contribution in [0.2, 0.25) is 0 Å². The highest BCUT2D eigenvalue weighted by molar-refractivity contribution is 5.89. The Balaban J connectivity index is 1.72. The highest BCUT2D eigenvalue weighted by atomic mass is 16.2. The zero-order valence-electron chi connectivity index (χ0n) is 18.0. The summed E-state index contributed by atoms with van der Waals surface area (Å²) >= 11 is 0. The fourth-order valence-corrected chi connectivity index (χ4v) is 8.48. The number of fused-ring (bicyclic) bond motifs is 5. The Labute approximate surface area is 160 Å². The van der Waals surface area contributed by atoms with Crippen molar-refractivity contribution < 1.29 is 4.79 Å². The molecule has 2 nitrogen and oxygen atoms in total. The van der Waals surface area contributed by atoms with Crippen LogP contribution in [0.25, 0.3) is 0 Å². The minimum Gasteiger partial charge on any atom is -0.338 e. The van der Waals surface area contributed by atoms with Crippen molar-refractivity contribution in [1.82, 2.24) is 4.90 Å². The zero-order valence-corrected chi connectivity index (χ0v) is 18.0. The van der Waals surface area contributed by atoms with Crippen molar-refractivity contribution in [2.75, 3.05) is 7.05 Å². The van der Waals surface area contributed by atoms with Gasteiger partial charge in [0.2, 0.25) is 5.91 Å². The third-order valence-electron chi connectivity index (χ3n) is 9.55. The number of likely N-dealkylation sites (N-methyl/N-ethyl adjacent to an activating group) is 1. The van der Waals surface area contributed by atoms with E-state index in [-0.39, 0.29) is 11.3 Å². The van der Waals surface area contributed by atoms with Crippen LogP contribution < -0.4 is 0 Å². The van der Waals surface area contributed by atoms with E-state index < -0.39 is 0 Å². The molecule has 3 saturated carbocycles. The van der Waals surface area contributed by atoms with Crippen molar-refractivity contribution in [1.29, 1.82) is 0 Å². The molecule has 0 saturated heterocycles. The predicted molar refractivity (Wildman–Crippen MR) is 108 cm³/mol. The summed E-state index contributed by atoms with van der Waals surface area (Å²) in [5.41, 5.74) is 1.09. The lowest BCUT2D eigenvalue weighted by molar-refractivity contribution is -0.146. The summed E-state index contributed by atoms with van der Waals surface area (Å²) in [5, 5.41) is 0. The number of amides is 1. The molecular formula is C24H39NO. The fourth-order valence-electron chi connectivity index (χ4n) is 8.48. The van der Waals surface area contributed by atoms with Gasteiger partial charge in [-0.15, -0.1) is 0 Å². The molecule has 0 N–H and O–H groups in total. The second-order valence-electron chi connectivity index (χ2n) is 11.7. The van der Waals surface area contributed by atoms with Gasteiger partial charge in [-0.2, -0.15) is 0 Å². The van der Waals surface area contributed by atoms with Gasteiger partial charge in [0, 0.05) is 18.5 Å². The van der Waals surface area contributed by atoms with E-state index in [1.165, 1.54) is 32.1 Å². The maximum absolute atomic E-state index is 12.3. The summed E-state index contributed by atoms with van der Waals surface area (Å²) in [6.45, 7) is 15.0. The summed E-state index contributed by atoms with van der Waals surface area (Å²) < 4.78 is 0. The van der Waals surface area contributed by atoms with Gasteiger partial charge in [-0.3, -0.25) is 4.79 Å². The van der Waals surface area contributed by atoms with Gasteiger partial charge < -0.3 is 4.90 Å². The molecule has 0 bridgehead atoms. The molecule has 0 aromatic carbocycles. The Kier molecular flexibility index (Phi) is 4.01. The summed E-state index contributed by atoms with van der Waals surface area (Å²) in [5.74, 6) is 4.21. The van der Waals surface area contributed by atoms with E-state index >= 15 is 0 Å². The van der Waals surface area contributed by atoms with Crippen molar-refractivity contribution in [3.63, 3.8) is 0 Å². The second-order valence-corrected chi connectivity index (χ2v) is 11.7. The Morgan fingerprint density at radius 2 is 1.81 bits per heavy atom. The lowest BCUT2D eigenvalue weighted by atomic mass is 9.44. The van der Waals surface area contributed by atoms with Gasteiger partial charge >= 0.3 is 0 Å². The molecule has 0 unspecified atom stereocenters. The molecule has 0 aromatic rings. The average Bonchev–Trinajstić information content (AvgIpc) is 2.91. The van der Waals surface area contributed by atoms with Gasteiger partial charge in [-0.25, -0.2) is 0 Å². The number of hydrogen-bond acceptors (Lipinski definition) is 1. The average molecular weight is 358 g/mol. The highest BCUT2D eigenvalue weighted by Gasteiger charge is 2.63. The summed E-state index contributed by atoms with van der Waals surface area (Å²) in [4.78, 5) is 14.3. The van der Waals surface area contributed by atoms with Crippen molar-refractivity contribution in [2.24, 2.45) is 45.8 Å². The van der Waals surface area contributed by atoms with Crippen molar-refractivity contribution in [2.45, 2.75) is 79.7 Å². The van der Waals surface area contributed by atoms with E-state index in [1.54, 1.807) is 0 Å². The molecule has 146 valence electrons. The first-order valence-corrected chi connectivity index (χ1v) is 11.0. The number of rotatable bonds is 0. The summed E-state index contributed by atoms with van der Waals surface area (Å²) in [6.07, 6.45) is 10.9.